The average molecular weight is 299 g/mol. The second-order valence-corrected chi connectivity index (χ2v) is 5.24. The van der Waals surface area contributed by atoms with Crippen molar-refractivity contribution >= 4 is 11.7 Å². The number of hydrogen-bond donors (Lipinski definition) is 1. The van der Waals surface area contributed by atoms with Gasteiger partial charge >= 0.3 is 0 Å². The standard InChI is InChI=1S/C17H17NO4/c19-16-5-1-3-12-9-13(6-7-15(12)16)22-11-17(20)18-10-14-4-2-8-21-14/h2,4,6-9H,1,3,5,10-11H2,(H,18,20). The molecule has 1 aliphatic rings. The second kappa shape index (κ2) is 6.47. The molecule has 3 rings (SSSR count). The number of carbonyl (C=O) groups excluding carboxylic acids is 2. The molecule has 0 bridgehead atoms. The van der Waals surface area contributed by atoms with Gasteiger partial charge in [0, 0.05) is 12.0 Å². The number of benzene rings is 1. The number of ketones is 1. The van der Waals surface area contributed by atoms with Gasteiger partial charge < -0.3 is 14.5 Å². The maximum Gasteiger partial charge on any atom is 0.258 e. The third-order valence-corrected chi connectivity index (χ3v) is 3.64. The van der Waals surface area contributed by atoms with Crippen LogP contribution in [0.15, 0.2) is 41.0 Å². The number of amides is 1. The summed E-state index contributed by atoms with van der Waals surface area (Å²) in [7, 11) is 0. The number of furan rings is 1. The van der Waals surface area contributed by atoms with Crippen molar-refractivity contribution in [1.29, 1.82) is 0 Å². The average Bonchev–Trinajstić information content (AvgIpc) is 3.04. The van der Waals surface area contributed by atoms with E-state index in [0.717, 1.165) is 24.0 Å². The molecule has 0 saturated heterocycles. The van der Waals surface area contributed by atoms with Gasteiger partial charge in [-0.3, -0.25) is 9.59 Å². The number of carbonyl (C=O) groups is 2. The Morgan fingerprint density at radius 2 is 2.18 bits per heavy atom. The SMILES string of the molecule is O=C(COc1ccc2c(c1)CCCC2=O)NCc1ccco1. The van der Waals surface area contributed by atoms with Crippen LogP contribution in [0.25, 0.3) is 0 Å². The lowest BCUT2D eigenvalue weighted by molar-refractivity contribution is -0.123. The second-order valence-electron chi connectivity index (χ2n) is 5.24. The number of Topliss-reactive ketones (excluding diaryl/α,β-unsaturated/α-hetero) is 1. The predicted octanol–water partition coefficient (Wildman–Crippen LogP) is 2.49. The molecule has 1 aromatic heterocycles. The summed E-state index contributed by atoms with van der Waals surface area (Å²) in [5, 5.41) is 2.71. The van der Waals surface area contributed by atoms with Gasteiger partial charge in [0.25, 0.3) is 5.91 Å². The van der Waals surface area contributed by atoms with Crippen LogP contribution in [-0.4, -0.2) is 18.3 Å². The van der Waals surface area contributed by atoms with Crippen LogP contribution in [0, 0.1) is 0 Å². The molecule has 0 spiro atoms. The Hall–Kier alpha value is -2.56. The van der Waals surface area contributed by atoms with Gasteiger partial charge in [0.2, 0.25) is 0 Å². The van der Waals surface area contributed by atoms with Crippen molar-refractivity contribution in [3.8, 4) is 5.75 Å². The number of fused-ring (bicyclic) bond motifs is 1. The molecule has 1 N–H and O–H groups in total. The first-order chi connectivity index (χ1) is 10.7. The van der Waals surface area contributed by atoms with E-state index in [2.05, 4.69) is 5.32 Å². The molecule has 0 atom stereocenters. The first-order valence-electron chi connectivity index (χ1n) is 7.30. The van der Waals surface area contributed by atoms with Gasteiger partial charge in [-0.15, -0.1) is 0 Å². The molecule has 0 saturated carbocycles. The molecule has 1 aromatic carbocycles. The van der Waals surface area contributed by atoms with Crippen molar-refractivity contribution in [2.75, 3.05) is 6.61 Å². The summed E-state index contributed by atoms with van der Waals surface area (Å²) in [5.74, 6) is 1.27. The monoisotopic (exact) mass is 299 g/mol. The molecule has 0 unspecified atom stereocenters. The van der Waals surface area contributed by atoms with Crippen molar-refractivity contribution in [3.05, 3.63) is 53.5 Å². The third-order valence-electron chi connectivity index (χ3n) is 3.64. The first kappa shape index (κ1) is 14.4. The molecular formula is C17H17NO4. The Morgan fingerprint density at radius 3 is 3.00 bits per heavy atom. The Morgan fingerprint density at radius 1 is 1.27 bits per heavy atom. The highest BCUT2D eigenvalue weighted by Crippen LogP contribution is 2.25. The summed E-state index contributed by atoms with van der Waals surface area (Å²) >= 11 is 0. The van der Waals surface area contributed by atoms with E-state index in [1.165, 1.54) is 0 Å². The molecular weight excluding hydrogens is 282 g/mol. The summed E-state index contributed by atoms with van der Waals surface area (Å²) in [6, 6.07) is 8.94. The summed E-state index contributed by atoms with van der Waals surface area (Å²) in [6.45, 7) is 0.279. The van der Waals surface area contributed by atoms with Crippen LogP contribution >= 0.6 is 0 Å². The van der Waals surface area contributed by atoms with Crippen LogP contribution in [0.2, 0.25) is 0 Å². The summed E-state index contributed by atoms with van der Waals surface area (Å²) in [5.41, 5.74) is 1.78. The lowest BCUT2D eigenvalue weighted by Crippen LogP contribution is -2.28. The van der Waals surface area contributed by atoms with Gasteiger partial charge in [0.15, 0.2) is 12.4 Å². The van der Waals surface area contributed by atoms with E-state index >= 15 is 0 Å². The fourth-order valence-corrected chi connectivity index (χ4v) is 2.51. The van der Waals surface area contributed by atoms with Gasteiger partial charge in [-0.25, -0.2) is 0 Å². The molecule has 0 radical (unpaired) electrons. The first-order valence-corrected chi connectivity index (χ1v) is 7.30. The Kier molecular flexibility index (Phi) is 4.23. The smallest absolute Gasteiger partial charge is 0.258 e. The summed E-state index contributed by atoms with van der Waals surface area (Å²) < 4.78 is 10.6. The molecule has 5 nitrogen and oxygen atoms in total. The fraction of sp³-hybridized carbons (Fsp3) is 0.294. The van der Waals surface area contributed by atoms with Crippen LogP contribution in [0.3, 0.4) is 0 Å². The highest BCUT2D eigenvalue weighted by atomic mass is 16.5. The van der Waals surface area contributed by atoms with Crippen molar-refractivity contribution in [3.63, 3.8) is 0 Å². The van der Waals surface area contributed by atoms with E-state index in [4.69, 9.17) is 9.15 Å². The Bertz CT molecular complexity index is 676. The zero-order valence-electron chi connectivity index (χ0n) is 12.1. The van der Waals surface area contributed by atoms with Crippen LogP contribution in [-0.2, 0) is 17.8 Å². The van der Waals surface area contributed by atoms with Crippen LogP contribution in [0.5, 0.6) is 5.75 Å². The van der Waals surface area contributed by atoms with Gasteiger partial charge in [0.1, 0.15) is 11.5 Å². The number of aryl methyl sites for hydroxylation is 1. The lowest BCUT2D eigenvalue weighted by atomic mass is 9.91. The minimum absolute atomic E-state index is 0.0621. The van der Waals surface area contributed by atoms with Crippen molar-refractivity contribution < 1.29 is 18.7 Å². The van der Waals surface area contributed by atoms with Crippen LogP contribution < -0.4 is 10.1 Å². The molecule has 114 valence electrons. The zero-order valence-corrected chi connectivity index (χ0v) is 12.1. The Balaban J connectivity index is 1.53. The maximum atomic E-state index is 11.7. The van der Waals surface area contributed by atoms with Crippen molar-refractivity contribution in [2.24, 2.45) is 0 Å². The number of nitrogens with one attached hydrogen (secondary N) is 1. The molecule has 5 heteroatoms. The van der Waals surface area contributed by atoms with Gasteiger partial charge in [0.05, 0.1) is 12.8 Å². The van der Waals surface area contributed by atoms with Gasteiger partial charge in [-0.1, -0.05) is 0 Å². The van der Waals surface area contributed by atoms with Crippen molar-refractivity contribution in [2.45, 2.75) is 25.8 Å². The maximum absolute atomic E-state index is 11.7. The lowest BCUT2D eigenvalue weighted by Gasteiger charge is -2.15. The summed E-state index contributed by atoms with van der Waals surface area (Å²) in [4.78, 5) is 23.5. The molecule has 2 aromatic rings. The molecule has 0 fully saturated rings. The predicted molar refractivity (Wildman–Crippen MR) is 79.8 cm³/mol. The fourth-order valence-electron chi connectivity index (χ4n) is 2.51. The van der Waals surface area contributed by atoms with E-state index in [0.29, 0.717) is 24.5 Å². The largest absolute Gasteiger partial charge is 0.484 e. The van der Waals surface area contributed by atoms with Crippen LogP contribution in [0.1, 0.15) is 34.5 Å². The summed E-state index contributed by atoms with van der Waals surface area (Å²) in [6.07, 6.45) is 3.93. The highest BCUT2D eigenvalue weighted by molar-refractivity contribution is 5.98. The minimum Gasteiger partial charge on any atom is -0.484 e. The van der Waals surface area contributed by atoms with Crippen molar-refractivity contribution in [1.82, 2.24) is 5.32 Å². The topological polar surface area (TPSA) is 68.5 Å². The van der Waals surface area contributed by atoms with Gasteiger partial charge in [-0.2, -0.15) is 0 Å². The molecule has 0 aliphatic heterocycles. The molecule has 1 amide bonds. The van der Waals surface area contributed by atoms with E-state index in [1.54, 1.807) is 30.5 Å². The minimum atomic E-state index is -0.217. The van der Waals surface area contributed by atoms with E-state index < -0.39 is 0 Å². The van der Waals surface area contributed by atoms with E-state index in [1.807, 2.05) is 6.07 Å². The number of ether oxygens (including phenoxy) is 1. The van der Waals surface area contributed by atoms with E-state index in [9.17, 15) is 9.59 Å². The van der Waals surface area contributed by atoms with Gasteiger partial charge in [-0.05, 0) is 48.7 Å². The zero-order chi connectivity index (χ0) is 15.4. The van der Waals surface area contributed by atoms with E-state index in [-0.39, 0.29) is 18.3 Å². The van der Waals surface area contributed by atoms with Crippen LogP contribution in [0.4, 0.5) is 0 Å². The molecule has 1 aliphatic carbocycles. The normalized spacial score (nSPS) is 13.5. The molecule has 1 heterocycles. The quantitative estimate of drug-likeness (QED) is 0.921. The number of rotatable bonds is 5. The number of hydrogen-bond acceptors (Lipinski definition) is 4. The third kappa shape index (κ3) is 3.36. The Labute approximate surface area is 128 Å². The molecule has 22 heavy (non-hydrogen) atoms. The highest BCUT2D eigenvalue weighted by Gasteiger charge is 2.17.